The van der Waals surface area contributed by atoms with E-state index in [4.69, 9.17) is 16.3 Å². The number of ether oxygens (including phenoxy) is 1. The summed E-state index contributed by atoms with van der Waals surface area (Å²) in [4.78, 5) is 12.6. The first-order chi connectivity index (χ1) is 16.5. The highest BCUT2D eigenvalue weighted by atomic mass is 35.5. The second kappa shape index (κ2) is 9.41. The first kappa shape index (κ1) is 21.7. The van der Waals surface area contributed by atoms with Crippen molar-refractivity contribution < 1.29 is 9.53 Å². The largest absolute Gasteiger partial charge is 0.471 e. The first-order valence-corrected chi connectivity index (χ1v) is 11.2. The van der Waals surface area contributed by atoms with Gasteiger partial charge >= 0.3 is 0 Å². The second-order valence-electron chi connectivity index (χ2n) is 7.92. The topological polar surface area (TPSA) is 74.0 Å². The number of benzene rings is 3. The van der Waals surface area contributed by atoms with E-state index in [2.05, 4.69) is 39.8 Å². The van der Waals surface area contributed by atoms with Crippen LogP contribution in [0.1, 0.15) is 21.6 Å². The quantitative estimate of drug-likeness (QED) is 0.338. The molecule has 0 aliphatic heterocycles. The fraction of sp³-hybridized carbons (Fsp3) is 0.115. The lowest BCUT2D eigenvalue weighted by molar-refractivity contribution is 0.101. The number of halogens is 1. The van der Waals surface area contributed by atoms with E-state index >= 15 is 0 Å². The van der Waals surface area contributed by atoms with Gasteiger partial charge in [0.1, 0.15) is 5.75 Å². The zero-order valence-electron chi connectivity index (χ0n) is 18.5. The predicted molar refractivity (Wildman–Crippen MR) is 132 cm³/mol. The van der Waals surface area contributed by atoms with E-state index in [1.165, 1.54) is 10.8 Å². The molecular weight excluding hydrogens is 450 g/mol. The molecule has 0 aliphatic carbocycles. The van der Waals surface area contributed by atoms with E-state index in [0.29, 0.717) is 23.1 Å². The van der Waals surface area contributed by atoms with Crippen molar-refractivity contribution in [2.24, 2.45) is 0 Å². The van der Waals surface area contributed by atoms with Crippen molar-refractivity contribution in [1.29, 1.82) is 0 Å². The van der Waals surface area contributed by atoms with Gasteiger partial charge in [0.25, 0.3) is 5.91 Å². The van der Waals surface area contributed by atoms with Gasteiger partial charge in [-0.1, -0.05) is 54.1 Å². The van der Waals surface area contributed by atoms with Crippen molar-refractivity contribution in [3.63, 3.8) is 0 Å². The van der Waals surface area contributed by atoms with Gasteiger partial charge in [-0.25, -0.2) is 4.68 Å². The predicted octanol–water partition coefficient (Wildman–Crippen LogP) is 5.53. The van der Waals surface area contributed by atoms with Crippen LogP contribution in [-0.2, 0) is 13.3 Å². The Kier molecular flexibility index (Phi) is 6.01. The number of nitrogens with zero attached hydrogens (tertiary/aromatic N) is 4. The summed E-state index contributed by atoms with van der Waals surface area (Å²) in [6, 6.07) is 23.3. The molecule has 3 aromatic carbocycles. The fourth-order valence-corrected chi connectivity index (χ4v) is 3.82. The van der Waals surface area contributed by atoms with Crippen molar-refractivity contribution in [2.75, 3.05) is 5.32 Å². The van der Waals surface area contributed by atoms with Crippen LogP contribution in [0.4, 0.5) is 5.82 Å². The summed E-state index contributed by atoms with van der Waals surface area (Å²) in [5.41, 5.74) is 2.37. The van der Waals surface area contributed by atoms with Gasteiger partial charge in [-0.3, -0.25) is 9.48 Å². The van der Waals surface area contributed by atoms with Gasteiger partial charge in [-0.05, 0) is 53.1 Å². The molecule has 0 spiro atoms. The molecule has 0 bridgehead atoms. The highest BCUT2D eigenvalue weighted by Crippen LogP contribution is 2.22. The maximum Gasteiger partial charge on any atom is 0.277 e. The summed E-state index contributed by atoms with van der Waals surface area (Å²) in [7, 11) is 0. The van der Waals surface area contributed by atoms with Crippen molar-refractivity contribution in [3.8, 4) is 5.75 Å². The van der Waals surface area contributed by atoms with Crippen LogP contribution < -0.4 is 10.1 Å². The molecule has 2 heterocycles. The van der Waals surface area contributed by atoms with Crippen LogP contribution in [0.2, 0.25) is 5.02 Å². The molecule has 0 unspecified atom stereocenters. The average Bonchev–Trinajstić information content (AvgIpc) is 3.50. The Morgan fingerprint density at radius 1 is 0.971 bits per heavy atom. The Balaban J connectivity index is 1.21. The number of hydrogen-bond donors (Lipinski definition) is 1. The third kappa shape index (κ3) is 4.79. The Labute approximate surface area is 201 Å². The molecule has 0 atom stereocenters. The summed E-state index contributed by atoms with van der Waals surface area (Å²) in [6.07, 6.45) is 3.54. The van der Waals surface area contributed by atoms with Crippen LogP contribution in [-0.4, -0.2) is 25.5 Å². The molecule has 8 heteroatoms. The van der Waals surface area contributed by atoms with Gasteiger partial charge in [0.2, 0.25) is 0 Å². The van der Waals surface area contributed by atoms with Crippen molar-refractivity contribution in [2.45, 2.75) is 20.2 Å². The molecule has 0 aliphatic rings. The number of amides is 1. The lowest BCUT2D eigenvalue weighted by Gasteiger charge is -2.07. The van der Waals surface area contributed by atoms with Gasteiger partial charge in [-0.2, -0.15) is 10.2 Å². The van der Waals surface area contributed by atoms with E-state index < -0.39 is 0 Å². The number of rotatable bonds is 7. The minimum atomic E-state index is -0.337. The van der Waals surface area contributed by atoms with E-state index in [9.17, 15) is 4.79 Å². The molecule has 1 N–H and O–H groups in total. The smallest absolute Gasteiger partial charge is 0.277 e. The molecule has 5 rings (SSSR count). The molecule has 0 saturated carbocycles. The highest BCUT2D eigenvalue weighted by Gasteiger charge is 2.12. The molecule has 2 aromatic heterocycles. The van der Waals surface area contributed by atoms with Crippen molar-refractivity contribution in [3.05, 3.63) is 107 Å². The van der Waals surface area contributed by atoms with Crippen LogP contribution in [0.3, 0.4) is 0 Å². The zero-order chi connectivity index (χ0) is 23.5. The number of aromatic nitrogens is 4. The summed E-state index contributed by atoms with van der Waals surface area (Å²) >= 11 is 6.04. The summed E-state index contributed by atoms with van der Waals surface area (Å²) in [6.45, 7) is 2.69. The molecular formula is C26H22ClN5O2. The lowest BCUT2D eigenvalue weighted by atomic mass is 10.0. The molecule has 0 radical (unpaired) electrons. The molecule has 170 valence electrons. The van der Waals surface area contributed by atoms with Crippen LogP contribution >= 0.6 is 11.6 Å². The number of carbonyl (C=O) groups is 1. The Hall–Kier alpha value is -4.10. The number of fused-ring (bicyclic) bond motifs is 1. The first-order valence-electron chi connectivity index (χ1n) is 10.8. The van der Waals surface area contributed by atoms with Crippen LogP contribution in [0, 0.1) is 6.92 Å². The van der Waals surface area contributed by atoms with Crippen molar-refractivity contribution >= 4 is 34.1 Å². The van der Waals surface area contributed by atoms with Gasteiger partial charge < -0.3 is 10.1 Å². The number of aryl methyl sites for hydroxylation is 1. The van der Waals surface area contributed by atoms with Gasteiger partial charge in [0, 0.05) is 23.5 Å². The van der Waals surface area contributed by atoms with Crippen LogP contribution in [0.5, 0.6) is 5.75 Å². The zero-order valence-corrected chi connectivity index (χ0v) is 19.2. The summed E-state index contributed by atoms with van der Waals surface area (Å²) in [5.74, 6) is 0.810. The minimum Gasteiger partial charge on any atom is -0.471 e. The van der Waals surface area contributed by atoms with Gasteiger partial charge in [-0.15, -0.1) is 0 Å². The molecule has 5 aromatic rings. The third-order valence-corrected chi connectivity index (χ3v) is 5.88. The van der Waals surface area contributed by atoms with E-state index in [1.54, 1.807) is 39.8 Å². The van der Waals surface area contributed by atoms with Gasteiger partial charge in [0.05, 0.1) is 6.54 Å². The van der Waals surface area contributed by atoms with Crippen LogP contribution in [0.15, 0.2) is 85.2 Å². The fourth-order valence-electron chi connectivity index (χ4n) is 3.70. The Morgan fingerprint density at radius 2 is 1.79 bits per heavy atom. The number of anilines is 1. The third-order valence-electron chi connectivity index (χ3n) is 5.46. The molecule has 0 fully saturated rings. The maximum atomic E-state index is 12.6. The lowest BCUT2D eigenvalue weighted by Crippen LogP contribution is -2.15. The Bertz CT molecular complexity index is 1470. The molecule has 0 saturated heterocycles. The molecule has 1 amide bonds. The van der Waals surface area contributed by atoms with E-state index in [0.717, 1.165) is 11.1 Å². The van der Waals surface area contributed by atoms with E-state index in [1.807, 2.05) is 37.4 Å². The van der Waals surface area contributed by atoms with Crippen molar-refractivity contribution in [1.82, 2.24) is 19.6 Å². The Morgan fingerprint density at radius 3 is 2.68 bits per heavy atom. The summed E-state index contributed by atoms with van der Waals surface area (Å²) in [5, 5.41) is 14.6. The molecule has 34 heavy (non-hydrogen) atoms. The van der Waals surface area contributed by atoms with Crippen LogP contribution in [0.25, 0.3) is 10.8 Å². The average molecular weight is 472 g/mol. The SMILES string of the molecule is Cc1cc(OCn2ccc(C(=O)Nc3ccn(Cc4cccc5ccccc45)n3)n2)ccc1Cl. The summed E-state index contributed by atoms with van der Waals surface area (Å²) < 4.78 is 9.08. The highest BCUT2D eigenvalue weighted by molar-refractivity contribution is 6.31. The standard InChI is InChI=1S/C26H22ClN5O2/c1-18-15-21(9-10-23(18)27)34-17-32-13-11-24(29-32)26(33)28-25-12-14-31(30-25)16-20-7-4-6-19-5-2-3-8-22(19)20/h2-15H,16-17H2,1H3,(H,28,30,33). The molecule has 7 nitrogen and oxygen atoms in total. The maximum absolute atomic E-state index is 12.6. The number of carbonyl (C=O) groups excluding carboxylic acids is 1. The normalized spacial score (nSPS) is 11.0. The monoisotopic (exact) mass is 471 g/mol. The van der Waals surface area contributed by atoms with E-state index in [-0.39, 0.29) is 18.3 Å². The number of hydrogen-bond acceptors (Lipinski definition) is 4. The number of nitrogens with one attached hydrogen (secondary N) is 1. The van der Waals surface area contributed by atoms with Gasteiger partial charge in [0.15, 0.2) is 18.2 Å². The second-order valence-corrected chi connectivity index (χ2v) is 8.32. The minimum absolute atomic E-state index is 0.175.